The zero-order valence-corrected chi connectivity index (χ0v) is 11.4. The van der Waals surface area contributed by atoms with Gasteiger partial charge in [0, 0.05) is 0 Å². The molecule has 1 saturated carbocycles. The van der Waals surface area contributed by atoms with E-state index in [1.54, 1.807) is 0 Å². The van der Waals surface area contributed by atoms with Crippen LogP contribution in [-0.4, -0.2) is 17.7 Å². The Bertz CT molecular complexity index is 456. The molecule has 0 heterocycles. The third-order valence-electron chi connectivity index (χ3n) is 3.23. The molecule has 0 aromatic heterocycles. The first-order chi connectivity index (χ1) is 8.59. The van der Waals surface area contributed by atoms with E-state index in [-0.39, 0.29) is 15.8 Å². The molecule has 1 aromatic carbocycles. The molecule has 3 nitrogen and oxygen atoms in total. The van der Waals surface area contributed by atoms with Gasteiger partial charge in [0.05, 0.1) is 16.6 Å². The molecule has 0 amide bonds. The molecule has 0 spiro atoms. The molecule has 1 aromatic rings. The summed E-state index contributed by atoms with van der Waals surface area (Å²) in [6, 6.07) is 2.72. The van der Waals surface area contributed by atoms with Gasteiger partial charge >= 0.3 is 5.97 Å². The van der Waals surface area contributed by atoms with Crippen molar-refractivity contribution in [3.8, 4) is 5.75 Å². The smallest absolute Gasteiger partial charge is 0.336 e. The van der Waals surface area contributed by atoms with Crippen LogP contribution in [-0.2, 0) is 0 Å². The van der Waals surface area contributed by atoms with E-state index < -0.39 is 11.8 Å². The second-order valence-corrected chi connectivity index (χ2v) is 5.30. The Morgan fingerprint density at radius 1 is 1.44 bits per heavy atom. The molecular formula is C13H14BrFO3. The molecule has 98 valence electrons. The van der Waals surface area contributed by atoms with Crippen LogP contribution in [0.15, 0.2) is 16.6 Å². The second kappa shape index (κ2) is 5.69. The lowest BCUT2D eigenvalue weighted by Crippen LogP contribution is -2.10. The predicted molar refractivity (Wildman–Crippen MR) is 68.5 cm³/mol. The summed E-state index contributed by atoms with van der Waals surface area (Å²) in [6.07, 6.45) is 4.66. The van der Waals surface area contributed by atoms with Crippen molar-refractivity contribution >= 4 is 21.9 Å². The SMILES string of the molecule is O=C(O)c1ccc(OCC2CCCC2)c(F)c1Br. The minimum absolute atomic E-state index is 0.0566. The number of carbonyl (C=O) groups is 1. The lowest BCUT2D eigenvalue weighted by Gasteiger charge is -2.13. The highest BCUT2D eigenvalue weighted by Gasteiger charge is 2.19. The fraction of sp³-hybridized carbons (Fsp3) is 0.462. The topological polar surface area (TPSA) is 46.5 Å². The van der Waals surface area contributed by atoms with Crippen molar-refractivity contribution in [2.45, 2.75) is 25.7 Å². The molecule has 0 unspecified atom stereocenters. The number of ether oxygens (including phenoxy) is 1. The largest absolute Gasteiger partial charge is 0.490 e. The first-order valence-corrected chi connectivity index (χ1v) is 6.73. The number of rotatable bonds is 4. The van der Waals surface area contributed by atoms with Crippen LogP contribution in [0.25, 0.3) is 0 Å². The van der Waals surface area contributed by atoms with Gasteiger partial charge in [-0.05, 0) is 46.8 Å². The number of hydrogen-bond donors (Lipinski definition) is 1. The molecule has 1 fully saturated rings. The highest BCUT2D eigenvalue weighted by atomic mass is 79.9. The van der Waals surface area contributed by atoms with Gasteiger partial charge in [0.2, 0.25) is 0 Å². The summed E-state index contributed by atoms with van der Waals surface area (Å²) >= 11 is 2.95. The molecule has 18 heavy (non-hydrogen) atoms. The Morgan fingerprint density at radius 3 is 2.72 bits per heavy atom. The molecule has 0 atom stereocenters. The van der Waals surface area contributed by atoms with Gasteiger partial charge in [0.15, 0.2) is 11.6 Å². The van der Waals surface area contributed by atoms with E-state index in [1.165, 1.54) is 25.0 Å². The molecule has 1 N–H and O–H groups in total. The Hall–Kier alpha value is -1.10. The Labute approximate surface area is 113 Å². The maximum absolute atomic E-state index is 13.9. The minimum atomic E-state index is -1.16. The van der Waals surface area contributed by atoms with Crippen molar-refractivity contribution in [2.75, 3.05) is 6.61 Å². The van der Waals surface area contributed by atoms with Crippen molar-refractivity contribution < 1.29 is 19.0 Å². The third kappa shape index (κ3) is 2.83. The molecule has 0 aliphatic heterocycles. The molecule has 2 rings (SSSR count). The summed E-state index contributed by atoms with van der Waals surface area (Å²) in [6.45, 7) is 0.496. The summed E-state index contributed by atoms with van der Waals surface area (Å²) in [5.74, 6) is -1.21. The number of hydrogen-bond acceptors (Lipinski definition) is 2. The van der Waals surface area contributed by atoms with Gasteiger partial charge < -0.3 is 9.84 Å². The van der Waals surface area contributed by atoms with Crippen molar-refractivity contribution in [3.05, 3.63) is 28.0 Å². The highest BCUT2D eigenvalue weighted by Crippen LogP contribution is 2.30. The lowest BCUT2D eigenvalue weighted by molar-refractivity contribution is 0.0695. The fourth-order valence-electron chi connectivity index (χ4n) is 2.19. The van der Waals surface area contributed by atoms with Crippen molar-refractivity contribution in [2.24, 2.45) is 5.92 Å². The molecule has 0 saturated heterocycles. The van der Waals surface area contributed by atoms with Crippen LogP contribution >= 0.6 is 15.9 Å². The Balaban J connectivity index is 2.09. The number of carboxylic acid groups (broad SMARTS) is 1. The first-order valence-electron chi connectivity index (χ1n) is 5.93. The van der Waals surface area contributed by atoms with Crippen LogP contribution in [0.2, 0.25) is 0 Å². The standard InChI is InChI=1S/C13H14BrFO3/c14-11-9(13(16)17)5-6-10(12(11)15)18-7-8-3-1-2-4-8/h5-6,8H,1-4,7H2,(H,16,17). The summed E-state index contributed by atoms with van der Waals surface area (Å²) in [5.41, 5.74) is -0.0966. The van der Waals surface area contributed by atoms with Crippen molar-refractivity contribution in [3.63, 3.8) is 0 Å². The monoisotopic (exact) mass is 316 g/mol. The molecule has 5 heteroatoms. The second-order valence-electron chi connectivity index (χ2n) is 4.51. The number of halogens is 2. The summed E-state index contributed by atoms with van der Waals surface area (Å²) in [4.78, 5) is 10.8. The van der Waals surface area contributed by atoms with Gasteiger partial charge in [0.25, 0.3) is 0 Å². The van der Waals surface area contributed by atoms with Crippen LogP contribution in [0.4, 0.5) is 4.39 Å². The average Bonchev–Trinajstić information content (AvgIpc) is 2.83. The average molecular weight is 317 g/mol. The Morgan fingerprint density at radius 2 is 2.11 bits per heavy atom. The van der Waals surface area contributed by atoms with E-state index in [9.17, 15) is 9.18 Å². The normalized spacial score (nSPS) is 15.9. The molecular weight excluding hydrogens is 303 g/mol. The number of aromatic carboxylic acids is 1. The van der Waals surface area contributed by atoms with Gasteiger partial charge in [-0.3, -0.25) is 0 Å². The van der Waals surface area contributed by atoms with E-state index in [0.717, 1.165) is 12.8 Å². The van der Waals surface area contributed by atoms with Gasteiger partial charge in [-0.15, -0.1) is 0 Å². The van der Waals surface area contributed by atoms with E-state index in [1.807, 2.05) is 0 Å². The maximum Gasteiger partial charge on any atom is 0.336 e. The zero-order valence-electron chi connectivity index (χ0n) is 9.79. The van der Waals surface area contributed by atoms with Crippen LogP contribution < -0.4 is 4.74 Å². The van der Waals surface area contributed by atoms with E-state index >= 15 is 0 Å². The summed E-state index contributed by atoms with van der Waals surface area (Å²) < 4.78 is 19.2. The number of benzene rings is 1. The van der Waals surface area contributed by atoms with Gasteiger partial charge in [-0.2, -0.15) is 0 Å². The van der Waals surface area contributed by atoms with E-state index in [2.05, 4.69) is 15.9 Å². The van der Waals surface area contributed by atoms with Crippen LogP contribution in [0.5, 0.6) is 5.75 Å². The molecule has 0 bridgehead atoms. The van der Waals surface area contributed by atoms with Gasteiger partial charge in [0.1, 0.15) is 0 Å². The van der Waals surface area contributed by atoms with E-state index in [4.69, 9.17) is 9.84 Å². The third-order valence-corrected chi connectivity index (χ3v) is 4.00. The zero-order chi connectivity index (χ0) is 13.1. The lowest BCUT2D eigenvalue weighted by atomic mass is 10.1. The van der Waals surface area contributed by atoms with Crippen molar-refractivity contribution in [1.29, 1.82) is 0 Å². The van der Waals surface area contributed by atoms with E-state index in [0.29, 0.717) is 12.5 Å². The molecule has 0 radical (unpaired) electrons. The fourth-order valence-corrected chi connectivity index (χ4v) is 2.69. The molecule has 1 aliphatic rings. The maximum atomic E-state index is 13.9. The Kier molecular flexibility index (Phi) is 4.22. The number of carboxylic acids is 1. The van der Waals surface area contributed by atoms with Crippen LogP contribution in [0.1, 0.15) is 36.0 Å². The van der Waals surface area contributed by atoms with Crippen LogP contribution in [0.3, 0.4) is 0 Å². The predicted octanol–water partition coefficient (Wildman–Crippen LogP) is 3.86. The quantitative estimate of drug-likeness (QED) is 0.917. The highest BCUT2D eigenvalue weighted by molar-refractivity contribution is 9.10. The van der Waals surface area contributed by atoms with Gasteiger partial charge in [-0.1, -0.05) is 12.8 Å². The first kappa shape index (κ1) is 13.3. The van der Waals surface area contributed by atoms with Gasteiger partial charge in [-0.25, -0.2) is 9.18 Å². The van der Waals surface area contributed by atoms with Crippen LogP contribution in [0, 0.1) is 11.7 Å². The summed E-state index contributed by atoms with van der Waals surface area (Å²) in [7, 11) is 0. The minimum Gasteiger partial charge on any atom is -0.490 e. The molecule has 1 aliphatic carbocycles. The summed E-state index contributed by atoms with van der Waals surface area (Å²) in [5, 5.41) is 8.85. The van der Waals surface area contributed by atoms with Crippen molar-refractivity contribution in [1.82, 2.24) is 0 Å².